The zero-order valence-electron chi connectivity index (χ0n) is 72.6. The molecule has 16 atom stereocenters. The van der Waals surface area contributed by atoms with E-state index < -0.39 is 129 Å². The molecule has 0 aliphatic carbocycles. The standard InChI is InChI=1S/C46H48N6O10S.C45H49N5O11S.CH4.Ag.HNO3/c1-7-12-58-45(56)48-17-25-15-27-26-10-8-9-11-28(26)49-43(27)46(50-25)19-63-42-34-33(41-40(60-20-61-41)22(3)39(34)62-23(4)53)31(18-59-44(46)55)52-30(16-47)29-14-24-13-21(2)38(57-6)37(54)32(24)35(36(42)52)51(29)5;1-7-12-57-44(55)46-16-24-15-26-25-10-8-9-11-27(25)47-41(26)45(48-24)18-62-40-32-31(39-38(59-19-60-39)21(3)37(32)61-22(4)51)29(17-58-43(45)54)50-34(40)33-30-23(14-28(42(50)53)49(33)5)13-20(2)36(56-6)35(30)52;;;2-1(3)4/h7-11,13,25,29-31,35-36,42,49-50,54H,1,12,14-15,17-20H2,2-6H3,(H,48,56);7-11,13,24,28-29,33-34,40,42,47-48,52-53H,1,12,14-19H2,2-6H3,(H,46,55);1H4;;(H,2,3,4)/t25-,29+,30+,31+,35-,36-,42-,46-;24-,28+,29+,33-,34-,40-,42+,45-;;;/m11.../s1. The molecule has 10 N–H and O–H groups in total. The molecular formula is C92H102AgN12O24S2. The summed E-state index contributed by atoms with van der Waals surface area (Å²) in [6, 6.07) is 16.2. The van der Waals surface area contributed by atoms with Crippen LogP contribution in [0.1, 0.15) is 145 Å². The molecule has 131 heavy (non-hydrogen) atoms. The summed E-state index contributed by atoms with van der Waals surface area (Å²) in [6.45, 7) is 17.1. The number of aromatic nitrogens is 2. The molecule has 2 amide bonds. The van der Waals surface area contributed by atoms with Gasteiger partial charge in [0.05, 0.1) is 72.4 Å². The Hall–Kier alpha value is -11.4. The molecule has 8 aromatic rings. The first-order valence-electron chi connectivity index (χ1n) is 42.4. The molecule has 0 unspecified atom stereocenters. The molecule has 4 saturated heterocycles. The monoisotopic (exact) mass is 1930 g/mol. The number of carbonyl (C=O) groups is 6. The molecule has 0 saturated carbocycles. The third kappa shape index (κ3) is 15.1. The number of benzene rings is 6. The van der Waals surface area contributed by atoms with Crippen molar-refractivity contribution in [1.82, 2.24) is 50.8 Å². The number of alkyl carbamates (subject to hydrolysis) is 2. The first-order valence-corrected chi connectivity index (χ1v) is 44.5. The smallest absolute Gasteiger partial charge is 0.407 e. The Morgan fingerprint density at radius 2 is 1.03 bits per heavy atom. The summed E-state index contributed by atoms with van der Waals surface area (Å²) in [5.41, 5.74) is 10.3. The number of hydrogen-bond acceptors (Lipinski definition) is 32. The number of phenolic OH excluding ortho intramolecular Hbond substituents is 2. The molecule has 2 spiro atoms. The second-order valence-electron chi connectivity index (χ2n) is 34.2. The maximum Gasteiger partial charge on any atom is 0.407 e. The van der Waals surface area contributed by atoms with Crippen LogP contribution in [0, 0.1) is 49.1 Å². The number of nitriles is 1. The van der Waals surface area contributed by atoms with Crippen LogP contribution < -0.4 is 59.2 Å². The van der Waals surface area contributed by atoms with Crippen LogP contribution in [0.25, 0.3) is 21.8 Å². The molecule has 16 heterocycles. The number of aliphatic hydroxyl groups is 1. The average molecular weight is 1930 g/mol. The Bertz CT molecular complexity index is 6060. The fourth-order valence-electron chi connectivity index (χ4n) is 22.4. The van der Waals surface area contributed by atoms with Crippen LogP contribution in [-0.4, -0.2) is 233 Å². The molecule has 6 aromatic carbocycles. The van der Waals surface area contributed by atoms with E-state index in [2.05, 4.69) is 65.2 Å². The van der Waals surface area contributed by atoms with Crippen molar-refractivity contribution in [3.63, 3.8) is 0 Å². The van der Waals surface area contributed by atoms with E-state index in [1.165, 1.54) is 63.7 Å². The van der Waals surface area contributed by atoms with Crippen LogP contribution in [0.5, 0.6) is 57.5 Å². The number of esters is 4. The number of aliphatic hydroxyl groups excluding tert-OH is 1. The Morgan fingerprint density at radius 1 is 0.626 bits per heavy atom. The van der Waals surface area contributed by atoms with Gasteiger partial charge in [0.15, 0.2) is 57.1 Å². The number of amides is 2. The van der Waals surface area contributed by atoms with E-state index >= 15 is 9.59 Å². The van der Waals surface area contributed by atoms with Crippen LogP contribution in [-0.2, 0) is 97.3 Å². The number of para-hydroxylation sites is 2. The van der Waals surface area contributed by atoms with Gasteiger partial charge in [-0.1, -0.05) is 81.3 Å². The Kier molecular flexibility index (Phi) is 25.7. The Morgan fingerprint density at radius 3 is 1.45 bits per heavy atom. The van der Waals surface area contributed by atoms with Crippen LogP contribution in [0.3, 0.4) is 0 Å². The largest absolute Gasteiger partial charge is 0.504 e. The molecule has 36 nitrogen and oxygen atoms in total. The molecule has 1 radical (unpaired) electrons. The summed E-state index contributed by atoms with van der Waals surface area (Å²) in [6.07, 6.45) is 2.51. The third-order valence-electron chi connectivity index (χ3n) is 27.3. The first-order chi connectivity index (χ1) is 62.0. The predicted molar refractivity (Wildman–Crippen MR) is 472 cm³/mol. The Balaban J connectivity index is 0.000000181. The minimum atomic E-state index is -1.50. The van der Waals surface area contributed by atoms with Crippen molar-refractivity contribution < 1.29 is 134 Å². The molecule has 8 bridgehead atoms. The van der Waals surface area contributed by atoms with Crippen molar-refractivity contribution in [3.05, 3.63) is 185 Å². The van der Waals surface area contributed by atoms with E-state index in [1.54, 1.807) is 0 Å². The van der Waals surface area contributed by atoms with Gasteiger partial charge in [0.1, 0.15) is 50.2 Å². The zero-order valence-corrected chi connectivity index (χ0v) is 75.7. The van der Waals surface area contributed by atoms with Crippen LogP contribution >= 0.6 is 23.5 Å². The van der Waals surface area contributed by atoms with Gasteiger partial charge in [-0.2, -0.15) is 5.26 Å². The number of fused-ring (bicyclic) bond motifs is 22. The number of rotatable bonds is 12. The number of likely N-dealkylation sites (N-methyl/N-ethyl adjacent to an activating group) is 2. The van der Waals surface area contributed by atoms with Gasteiger partial charge in [-0.05, 0) is 113 Å². The normalized spacial score (nSPS) is 27.0. The number of ether oxygens (including phenoxy) is 12. The number of nitrogens with zero attached hydrogens (tertiary/aromatic N) is 6. The summed E-state index contributed by atoms with van der Waals surface area (Å²) in [7, 11) is 7.01. The maximum absolute atomic E-state index is 15.3. The number of piperazine rings is 2. The first kappa shape index (κ1) is 92.8. The van der Waals surface area contributed by atoms with Crippen LogP contribution in [0.15, 0.2) is 86.0 Å². The fraction of sp³-hybridized carbons (Fsp3) is 0.446. The van der Waals surface area contributed by atoms with Gasteiger partial charge < -0.3 is 98.0 Å². The number of aryl methyl sites for hydroxylation is 2. The average Bonchev–Trinajstić information content (AvgIpc) is 1.45. The number of aromatic hydroxyl groups is 2. The van der Waals surface area contributed by atoms with Crippen molar-refractivity contribution in [2.75, 3.05) is 92.9 Å². The van der Waals surface area contributed by atoms with E-state index in [-0.39, 0.29) is 112 Å². The number of aromatic amines is 2. The molecule has 14 aliphatic heterocycles. The molecule has 4 fully saturated rings. The van der Waals surface area contributed by atoms with Crippen molar-refractivity contribution in [2.45, 2.75) is 169 Å². The molecule has 697 valence electrons. The molecular weight excluding hydrogens is 1830 g/mol. The van der Waals surface area contributed by atoms with Gasteiger partial charge in [-0.25, -0.2) is 19.2 Å². The molecule has 2 aromatic heterocycles. The van der Waals surface area contributed by atoms with Crippen molar-refractivity contribution >= 4 is 81.4 Å². The molecule has 39 heteroatoms. The Labute approximate surface area is 777 Å². The van der Waals surface area contributed by atoms with Crippen molar-refractivity contribution in [1.29, 1.82) is 5.26 Å². The maximum atomic E-state index is 15.3. The minimum absolute atomic E-state index is 0. The number of thioether (sulfide) groups is 2. The predicted octanol–water partition coefficient (Wildman–Crippen LogP) is 9.78. The number of methoxy groups -OCH3 is 2. The summed E-state index contributed by atoms with van der Waals surface area (Å²) >= 11 is 2.93. The number of nitrogens with one attached hydrogen (secondary N) is 6. The number of hydrogen-bond donors (Lipinski definition) is 10. The number of carbonyl (C=O) groups excluding carboxylic acids is 6. The summed E-state index contributed by atoms with van der Waals surface area (Å²) < 4.78 is 72.3. The van der Waals surface area contributed by atoms with Gasteiger partial charge in [0, 0.05) is 157 Å². The minimum Gasteiger partial charge on any atom is -0.504 e. The van der Waals surface area contributed by atoms with E-state index in [1.807, 2.05) is 107 Å². The van der Waals surface area contributed by atoms with Gasteiger partial charge in [0.25, 0.3) is 5.09 Å². The topological polar surface area (TPSA) is 454 Å². The van der Waals surface area contributed by atoms with Crippen LogP contribution in [0.4, 0.5) is 9.59 Å². The van der Waals surface area contributed by atoms with E-state index in [0.29, 0.717) is 128 Å². The summed E-state index contributed by atoms with van der Waals surface area (Å²) in [5, 5.41) is 75.6. The summed E-state index contributed by atoms with van der Waals surface area (Å²) in [5.74, 6) is 1.14. The van der Waals surface area contributed by atoms with E-state index in [9.17, 15) is 39.8 Å². The van der Waals surface area contributed by atoms with Gasteiger partial charge in [0.2, 0.25) is 13.6 Å². The second-order valence-corrected chi connectivity index (χ2v) is 36.5. The SMILES string of the molecule is C.C=CCOC(=O)NC[C@H]1Cc2c([nH]c3ccccc23)[C@@]2(CS[C@@H]3c4c(OC(C)=O)c(C)c5c(c4[C@H](COC2=O)N2[C@@H]3[C@H]3c4c(cc(C)c(OC)c4O)C[C@@H]([C@@H]2C#N)N3C)OCO5)N1.C=CCOC(=O)NC[C@H]1Cc2c([nH]c3ccccc23)[C@@]2(CS[C@@H]3c4c(OC(C)=O)c(C)c5c(c4[C@H](COC2=O)N2[C@@H]3[C@H]3c4c(cc(C)c(OC)c4O)C[C@@H]([C@@H]2O)N3C)OCO5)N1.O=[N+]([O-])O.[Ag]. The number of phenols is 2. The van der Waals surface area contributed by atoms with Crippen molar-refractivity contribution in [2.24, 2.45) is 0 Å². The molecule has 22 rings (SSSR count). The quantitative estimate of drug-likeness (QED) is 0.0103. The fourth-order valence-corrected chi connectivity index (χ4v) is 25.7. The van der Waals surface area contributed by atoms with Crippen LogP contribution in [0.2, 0.25) is 0 Å². The second kappa shape index (κ2) is 36.3. The van der Waals surface area contributed by atoms with E-state index in [4.69, 9.17) is 72.2 Å². The van der Waals surface area contributed by atoms with Crippen molar-refractivity contribution in [3.8, 4) is 63.6 Å². The van der Waals surface area contributed by atoms with Gasteiger partial charge >= 0.3 is 36.1 Å². The number of H-pyrrole nitrogens is 2. The van der Waals surface area contributed by atoms with Gasteiger partial charge in [-0.3, -0.25) is 39.8 Å². The van der Waals surface area contributed by atoms with E-state index in [0.717, 1.165) is 55.2 Å². The zero-order chi connectivity index (χ0) is 91.0. The molecule has 14 aliphatic rings. The van der Waals surface area contributed by atoms with Gasteiger partial charge in [-0.15, -0.1) is 33.6 Å². The summed E-state index contributed by atoms with van der Waals surface area (Å²) in [4.78, 5) is 106. The third-order valence-corrected chi connectivity index (χ3v) is 30.2.